The molecule has 9 nitrogen and oxygen atoms in total. The first-order valence-corrected chi connectivity index (χ1v) is 11.3. The van der Waals surface area contributed by atoms with Gasteiger partial charge in [0.1, 0.15) is 16.2 Å². The molecule has 3 N–H and O–H groups in total. The number of hydrogen-bond donors (Lipinski definition) is 2. The van der Waals surface area contributed by atoms with Gasteiger partial charge in [-0.25, -0.2) is 14.8 Å². The van der Waals surface area contributed by atoms with E-state index in [4.69, 9.17) is 19.9 Å². The average Bonchev–Trinajstić information content (AvgIpc) is 3.37. The fourth-order valence-corrected chi connectivity index (χ4v) is 4.90. The maximum atomic E-state index is 12.8. The molecule has 3 aromatic rings. The maximum Gasteiger partial charge on any atom is 0.349 e. The summed E-state index contributed by atoms with van der Waals surface area (Å²) in [6.45, 7) is 5.58. The molecule has 1 aromatic carbocycles. The van der Waals surface area contributed by atoms with Crippen molar-refractivity contribution in [3.05, 3.63) is 45.8 Å². The van der Waals surface area contributed by atoms with Crippen LogP contribution in [0, 0.1) is 0 Å². The van der Waals surface area contributed by atoms with Crippen molar-refractivity contribution in [2.75, 3.05) is 20.8 Å². The van der Waals surface area contributed by atoms with Crippen molar-refractivity contribution in [2.24, 2.45) is 10.7 Å². The number of ether oxygens (including phenoxy) is 3. The molecule has 3 rings (SSSR count). The molecule has 32 heavy (non-hydrogen) atoms. The number of hydrogen-bond acceptors (Lipinski definition) is 8. The Morgan fingerprint density at radius 3 is 2.69 bits per heavy atom. The highest BCUT2D eigenvalue weighted by atomic mass is 79.9. The Balaban J connectivity index is 2.39. The minimum atomic E-state index is -0.641. The summed E-state index contributed by atoms with van der Waals surface area (Å²) in [5, 5.41) is 0.439. The summed E-state index contributed by atoms with van der Waals surface area (Å²) in [6.07, 6.45) is 1.35. The number of benzene rings is 1. The molecule has 0 saturated heterocycles. The Labute approximate surface area is 196 Å². The van der Waals surface area contributed by atoms with Gasteiger partial charge in [-0.2, -0.15) is 0 Å². The number of nitrogens with zero attached hydrogens (tertiary/aromatic N) is 2. The van der Waals surface area contributed by atoms with E-state index in [9.17, 15) is 9.59 Å². The number of H-pyrrole nitrogens is 1. The number of aliphatic imine (C=N–C) groups is 1. The number of carbonyl (C=O) groups excluding carboxylic acids is 2. The lowest BCUT2D eigenvalue weighted by molar-refractivity contribution is 0.0532. The number of aromatic amines is 1. The quantitative estimate of drug-likeness (QED) is 0.200. The zero-order valence-corrected chi connectivity index (χ0v) is 20.1. The number of alkyl halides is 1. The third kappa shape index (κ3) is 4.13. The first kappa shape index (κ1) is 23.5. The Kier molecular flexibility index (Phi) is 7.31. The summed E-state index contributed by atoms with van der Waals surface area (Å²) in [5.41, 5.74) is 7.69. The number of carbonyl (C=O) groups is 2. The molecule has 0 aliphatic carbocycles. The van der Waals surface area contributed by atoms with Gasteiger partial charge in [0.2, 0.25) is 5.90 Å². The second kappa shape index (κ2) is 9.96. The van der Waals surface area contributed by atoms with E-state index >= 15 is 0 Å². The molecule has 0 bridgehead atoms. The molecule has 0 atom stereocenters. The highest BCUT2D eigenvalue weighted by Crippen LogP contribution is 2.40. The molecular weight excluding hydrogens is 500 g/mol. The highest BCUT2D eigenvalue weighted by Gasteiger charge is 2.30. The molecule has 0 aliphatic heterocycles. The second-order valence-corrected chi connectivity index (χ2v) is 7.94. The average molecular weight is 521 g/mol. The normalized spacial score (nSPS) is 11.4. The van der Waals surface area contributed by atoms with Gasteiger partial charge < -0.3 is 24.9 Å². The molecule has 168 valence electrons. The number of aromatic nitrogens is 2. The fraction of sp³-hybridized carbons (Fsp3) is 0.238. The number of thiophene rings is 1. The molecule has 0 saturated carbocycles. The monoisotopic (exact) mass is 520 g/mol. The van der Waals surface area contributed by atoms with Gasteiger partial charge in [0.15, 0.2) is 5.75 Å². The van der Waals surface area contributed by atoms with Gasteiger partial charge in [0.05, 0.1) is 43.0 Å². The first-order chi connectivity index (χ1) is 15.4. The van der Waals surface area contributed by atoms with Gasteiger partial charge in [0.25, 0.3) is 5.91 Å². The van der Waals surface area contributed by atoms with Gasteiger partial charge in [-0.3, -0.25) is 4.79 Å². The Morgan fingerprint density at radius 2 is 2.12 bits per heavy atom. The van der Waals surface area contributed by atoms with Crippen LogP contribution in [0.5, 0.6) is 5.75 Å². The van der Waals surface area contributed by atoms with Crippen molar-refractivity contribution in [1.82, 2.24) is 9.97 Å². The Hall–Kier alpha value is -3.18. The van der Waals surface area contributed by atoms with Crippen molar-refractivity contribution in [3.63, 3.8) is 0 Å². The minimum absolute atomic E-state index is 0.196. The van der Waals surface area contributed by atoms with Crippen molar-refractivity contribution >= 4 is 56.1 Å². The Morgan fingerprint density at radius 1 is 1.38 bits per heavy atom. The number of esters is 1. The summed E-state index contributed by atoms with van der Waals surface area (Å²) in [5.74, 6) is -0.283. The molecular formula is C21H21BrN4O5S. The number of rotatable bonds is 8. The molecule has 0 unspecified atom stereocenters. The van der Waals surface area contributed by atoms with E-state index in [1.165, 1.54) is 31.8 Å². The van der Waals surface area contributed by atoms with Gasteiger partial charge in [-0.15, -0.1) is 11.3 Å². The summed E-state index contributed by atoms with van der Waals surface area (Å²) in [7, 11) is 2.91. The van der Waals surface area contributed by atoms with E-state index < -0.39 is 11.9 Å². The minimum Gasteiger partial charge on any atom is -0.494 e. The standard InChI is InChI=1S/C21H21BrN4O5S/c1-5-24-20(30-4)13-12(9-22)32-17(21(28)31-6-2)14(13)19-25-11-8-7-10(18(23)27)16(29-3)15(11)26-19/h5,7-8H,1,6,9H2,2-4H3,(H2,23,27)(H,25,26). The topological polar surface area (TPSA) is 129 Å². The highest BCUT2D eigenvalue weighted by molar-refractivity contribution is 9.08. The summed E-state index contributed by atoms with van der Waals surface area (Å²) < 4.78 is 16.2. The number of imidazole rings is 1. The van der Waals surface area contributed by atoms with E-state index in [0.29, 0.717) is 38.2 Å². The molecule has 1 amide bonds. The van der Waals surface area contributed by atoms with Crippen molar-refractivity contribution in [2.45, 2.75) is 12.3 Å². The summed E-state index contributed by atoms with van der Waals surface area (Å²) in [4.78, 5) is 37.8. The SMILES string of the molecule is C=CN=C(OC)c1c(CBr)sc(C(=O)OCC)c1-c1nc2c(OC)c(C(N)=O)ccc2[nH]1. The number of halogens is 1. The van der Waals surface area contributed by atoms with Crippen LogP contribution in [0.3, 0.4) is 0 Å². The summed E-state index contributed by atoms with van der Waals surface area (Å²) in [6, 6.07) is 3.22. The first-order valence-electron chi connectivity index (χ1n) is 9.40. The van der Waals surface area contributed by atoms with Crippen LogP contribution in [0.1, 0.15) is 37.4 Å². The fourth-order valence-electron chi connectivity index (χ4n) is 3.24. The van der Waals surface area contributed by atoms with Crippen molar-refractivity contribution in [3.8, 4) is 17.1 Å². The van der Waals surface area contributed by atoms with Gasteiger partial charge in [-0.05, 0) is 19.1 Å². The van der Waals surface area contributed by atoms with Gasteiger partial charge >= 0.3 is 5.97 Å². The predicted octanol–water partition coefficient (Wildman–Crippen LogP) is 4.01. The zero-order valence-electron chi connectivity index (χ0n) is 17.7. The number of methoxy groups -OCH3 is 2. The van der Waals surface area contributed by atoms with E-state index in [1.54, 1.807) is 19.1 Å². The third-order valence-electron chi connectivity index (χ3n) is 4.49. The molecule has 0 spiro atoms. The third-order valence-corrected chi connectivity index (χ3v) is 6.60. The smallest absolute Gasteiger partial charge is 0.349 e. The van der Waals surface area contributed by atoms with Crippen LogP contribution in [0.15, 0.2) is 29.9 Å². The van der Waals surface area contributed by atoms with E-state index in [2.05, 4.69) is 37.5 Å². The number of fused-ring (bicyclic) bond motifs is 1. The van der Waals surface area contributed by atoms with Crippen LogP contribution >= 0.6 is 27.3 Å². The number of nitrogens with one attached hydrogen (secondary N) is 1. The Bertz CT molecular complexity index is 1230. The predicted molar refractivity (Wildman–Crippen MR) is 127 cm³/mol. The van der Waals surface area contributed by atoms with Crippen LogP contribution in [-0.2, 0) is 14.8 Å². The molecule has 0 fully saturated rings. The van der Waals surface area contributed by atoms with Crippen LogP contribution in [0.25, 0.3) is 22.4 Å². The van der Waals surface area contributed by atoms with Crippen LogP contribution in [0.4, 0.5) is 0 Å². The molecule has 2 aromatic heterocycles. The number of nitrogens with two attached hydrogens (primary N) is 1. The van der Waals surface area contributed by atoms with Gasteiger partial charge in [-0.1, -0.05) is 22.5 Å². The number of primary amides is 1. The van der Waals surface area contributed by atoms with Crippen LogP contribution in [-0.4, -0.2) is 48.6 Å². The van der Waals surface area contributed by atoms with E-state index in [1.807, 2.05) is 0 Å². The molecule has 0 radical (unpaired) electrons. The van der Waals surface area contributed by atoms with Crippen LogP contribution < -0.4 is 10.5 Å². The maximum absolute atomic E-state index is 12.8. The summed E-state index contributed by atoms with van der Waals surface area (Å²) >= 11 is 4.71. The molecule has 0 aliphatic rings. The second-order valence-electron chi connectivity index (χ2n) is 6.27. The zero-order chi connectivity index (χ0) is 23.4. The lowest BCUT2D eigenvalue weighted by Crippen LogP contribution is -2.12. The lowest BCUT2D eigenvalue weighted by Gasteiger charge is -2.08. The van der Waals surface area contributed by atoms with Crippen molar-refractivity contribution < 1.29 is 23.8 Å². The van der Waals surface area contributed by atoms with Gasteiger partial charge in [0, 0.05) is 16.4 Å². The number of amides is 1. The molecule has 2 heterocycles. The largest absolute Gasteiger partial charge is 0.494 e. The van der Waals surface area contributed by atoms with E-state index in [0.717, 1.165) is 4.88 Å². The van der Waals surface area contributed by atoms with Crippen LogP contribution in [0.2, 0.25) is 0 Å². The molecule has 11 heteroatoms. The van der Waals surface area contributed by atoms with Crippen molar-refractivity contribution in [1.29, 1.82) is 0 Å². The van der Waals surface area contributed by atoms with E-state index in [-0.39, 0.29) is 23.8 Å². The lowest BCUT2D eigenvalue weighted by atomic mass is 10.1.